The van der Waals surface area contributed by atoms with Crippen LogP contribution < -0.4 is 0 Å². The monoisotopic (exact) mass is 206 g/mol. The third-order valence-electron chi connectivity index (χ3n) is 2.88. The molecule has 1 rings (SSSR count). The van der Waals surface area contributed by atoms with Gasteiger partial charge in [-0.05, 0) is 18.8 Å². The van der Waals surface area contributed by atoms with Crippen LogP contribution in [0.5, 0.6) is 0 Å². The normalized spacial score (nSPS) is 21.0. The van der Waals surface area contributed by atoms with Gasteiger partial charge in [-0.3, -0.25) is 8.22 Å². The van der Waals surface area contributed by atoms with Gasteiger partial charge < -0.3 is 0 Å². The summed E-state index contributed by atoms with van der Waals surface area (Å²) in [5.74, 6) is 0.170. The summed E-state index contributed by atoms with van der Waals surface area (Å²) in [6, 6.07) is 0.206. The molecule has 0 heterocycles. The van der Waals surface area contributed by atoms with Crippen LogP contribution >= 0.6 is 0 Å². The van der Waals surface area contributed by atoms with Crippen LogP contribution in [0.3, 0.4) is 0 Å². The van der Waals surface area contributed by atoms with E-state index in [0.29, 0.717) is 0 Å². The summed E-state index contributed by atoms with van der Waals surface area (Å²) in [6.07, 6.45) is 4.83. The minimum Gasteiger partial charge on any atom is -0.270 e. The van der Waals surface area contributed by atoms with Gasteiger partial charge in [0.05, 0.1) is 0 Å². The highest BCUT2D eigenvalue weighted by atomic mass is 28.4. The maximum Gasteiger partial charge on any atom is 0.428 e. The quantitative estimate of drug-likeness (QED) is 0.475. The van der Waals surface area contributed by atoms with E-state index < -0.39 is 8.74 Å². The van der Waals surface area contributed by atoms with E-state index >= 15 is 0 Å². The summed E-state index contributed by atoms with van der Waals surface area (Å²) >= 11 is 0. The summed E-state index contributed by atoms with van der Waals surface area (Å²) in [5.41, 5.74) is -0.191. The standard InChI is InChI=1S/C10H20F2Si/c1-9(2)8-13(11,12)10-6-4-3-5-7-10/h9-10H,3-8H2,1-2H3. The number of hydrogen-bond donors (Lipinski definition) is 0. The fraction of sp³-hybridized carbons (Fsp3) is 1.00. The van der Waals surface area contributed by atoms with Crippen LogP contribution in [0.15, 0.2) is 0 Å². The average Bonchev–Trinajstić information content (AvgIpc) is 2.04. The van der Waals surface area contributed by atoms with Gasteiger partial charge in [-0.2, -0.15) is 0 Å². The molecule has 0 radical (unpaired) electrons. The molecule has 1 saturated carbocycles. The summed E-state index contributed by atoms with van der Waals surface area (Å²) < 4.78 is 27.4. The highest BCUT2D eigenvalue weighted by molar-refractivity contribution is 6.67. The first-order valence-electron chi connectivity index (χ1n) is 5.40. The van der Waals surface area contributed by atoms with Crippen molar-refractivity contribution in [3.05, 3.63) is 0 Å². The molecule has 1 aliphatic carbocycles. The van der Waals surface area contributed by atoms with Crippen molar-refractivity contribution in [2.24, 2.45) is 5.92 Å². The average molecular weight is 206 g/mol. The fourth-order valence-corrected chi connectivity index (χ4v) is 4.91. The van der Waals surface area contributed by atoms with Crippen molar-refractivity contribution in [2.45, 2.75) is 57.5 Å². The fourth-order valence-electron chi connectivity index (χ4n) is 2.24. The van der Waals surface area contributed by atoms with Gasteiger partial charge in [-0.1, -0.05) is 33.1 Å². The predicted octanol–water partition coefficient (Wildman–Crippen LogP) is 4.36. The first-order valence-corrected chi connectivity index (χ1v) is 7.44. The SMILES string of the molecule is CC(C)C[Si](F)(F)C1CCCCC1. The summed E-state index contributed by atoms with van der Waals surface area (Å²) in [7, 11) is -3.87. The third-order valence-corrected chi connectivity index (χ3v) is 6.02. The van der Waals surface area contributed by atoms with Crippen molar-refractivity contribution >= 4 is 8.74 Å². The van der Waals surface area contributed by atoms with Gasteiger partial charge in [0.2, 0.25) is 0 Å². The maximum absolute atomic E-state index is 13.7. The molecule has 1 fully saturated rings. The van der Waals surface area contributed by atoms with Crippen molar-refractivity contribution in [3.63, 3.8) is 0 Å². The lowest BCUT2D eigenvalue weighted by Gasteiger charge is -2.28. The second kappa shape index (κ2) is 4.53. The molecule has 0 aromatic rings. The maximum atomic E-state index is 13.7. The first-order chi connectivity index (χ1) is 6.02. The van der Waals surface area contributed by atoms with E-state index in [2.05, 4.69) is 0 Å². The van der Waals surface area contributed by atoms with Gasteiger partial charge in [-0.25, -0.2) is 0 Å². The summed E-state index contributed by atoms with van der Waals surface area (Å²) in [6.45, 7) is 3.81. The third kappa shape index (κ3) is 3.37. The van der Waals surface area contributed by atoms with E-state index in [4.69, 9.17) is 0 Å². The van der Waals surface area contributed by atoms with Crippen LogP contribution in [0, 0.1) is 5.92 Å². The molecule has 0 bridgehead atoms. The van der Waals surface area contributed by atoms with Gasteiger partial charge in [0, 0.05) is 11.6 Å². The molecule has 13 heavy (non-hydrogen) atoms. The van der Waals surface area contributed by atoms with Gasteiger partial charge in [-0.15, -0.1) is 0 Å². The molecule has 0 saturated heterocycles. The van der Waals surface area contributed by atoms with Crippen LogP contribution in [-0.2, 0) is 0 Å². The second-order valence-electron chi connectivity index (χ2n) is 4.69. The van der Waals surface area contributed by atoms with Crippen LogP contribution in [0.2, 0.25) is 11.6 Å². The molecule has 3 heteroatoms. The molecule has 0 amide bonds. The van der Waals surface area contributed by atoms with E-state index in [-0.39, 0.29) is 17.5 Å². The Labute approximate surface area is 81.1 Å². The lowest BCUT2D eigenvalue weighted by atomic mass is 10.0. The highest BCUT2D eigenvalue weighted by Crippen LogP contribution is 2.41. The van der Waals surface area contributed by atoms with Gasteiger partial charge >= 0.3 is 8.74 Å². The Morgan fingerprint density at radius 1 is 1.15 bits per heavy atom. The number of halogens is 2. The summed E-state index contributed by atoms with van der Waals surface area (Å²) in [5, 5.41) is 0. The zero-order valence-electron chi connectivity index (χ0n) is 8.65. The smallest absolute Gasteiger partial charge is 0.270 e. The Morgan fingerprint density at radius 2 is 1.69 bits per heavy atom. The number of rotatable bonds is 3. The van der Waals surface area contributed by atoms with Crippen LogP contribution in [0.25, 0.3) is 0 Å². The molecule has 0 aromatic heterocycles. The Bertz CT molecular complexity index is 151. The minimum atomic E-state index is -3.87. The van der Waals surface area contributed by atoms with E-state index in [1.165, 1.54) is 6.42 Å². The molecule has 78 valence electrons. The molecule has 0 nitrogen and oxygen atoms in total. The van der Waals surface area contributed by atoms with Gasteiger partial charge in [0.1, 0.15) is 0 Å². The topological polar surface area (TPSA) is 0 Å². The zero-order chi connectivity index (χ0) is 9.90. The Morgan fingerprint density at radius 3 is 2.15 bits per heavy atom. The largest absolute Gasteiger partial charge is 0.428 e. The van der Waals surface area contributed by atoms with Crippen molar-refractivity contribution in [1.29, 1.82) is 0 Å². The van der Waals surface area contributed by atoms with Crippen molar-refractivity contribution < 1.29 is 8.22 Å². The van der Waals surface area contributed by atoms with Crippen LogP contribution in [0.1, 0.15) is 46.0 Å². The molecule has 1 aliphatic rings. The predicted molar refractivity (Wildman–Crippen MR) is 54.5 cm³/mol. The zero-order valence-corrected chi connectivity index (χ0v) is 9.65. The number of hydrogen-bond acceptors (Lipinski definition) is 0. The molecular weight excluding hydrogens is 186 g/mol. The van der Waals surface area contributed by atoms with E-state index in [0.717, 1.165) is 25.7 Å². The molecule has 0 aromatic carbocycles. The molecule has 0 spiro atoms. The van der Waals surface area contributed by atoms with E-state index in [1.54, 1.807) is 0 Å². The second-order valence-corrected chi connectivity index (χ2v) is 7.44. The Balaban J connectivity index is 2.45. The molecule has 0 atom stereocenters. The van der Waals surface area contributed by atoms with Crippen LogP contribution in [-0.4, -0.2) is 8.74 Å². The molecule has 0 unspecified atom stereocenters. The lowest BCUT2D eigenvalue weighted by molar-refractivity contribution is 0.421. The van der Waals surface area contributed by atoms with Crippen molar-refractivity contribution in [1.82, 2.24) is 0 Å². The van der Waals surface area contributed by atoms with Crippen molar-refractivity contribution in [3.8, 4) is 0 Å². The first kappa shape index (κ1) is 11.2. The summed E-state index contributed by atoms with van der Waals surface area (Å²) in [4.78, 5) is 0. The van der Waals surface area contributed by atoms with Gasteiger partial charge in [0.15, 0.2) is 0 Å². The minimum absolute atomic E-state index is 0.170. The van der Waals surface area contributed by atoms with Crippen molar-refractivity contribution in [2.75, 3.05) is 0 Å². The van der Waals surface area contributed by atoms with Crippen LogP contribution in [0.4, 0.5) is 8.22 Å². The lowest BCUT2D eigenvalue weighted by Crippen LogP contribution is -2.32. The van der Waals surface area contributed by atoms with Gasteiger partial charge in [0.25, 0.3) is 0 Å². The molecule has 0 aliphatic heterocycles. The highest BCUT2D eigenvalue weighted by Gasteiger charge is 2.44. The molecule has 0 N–H and O–H groups in total. The van der Waals surface area contributed by atoms with E-state index in [1.807, 2.05) is 13.8 Å². The Kier molecular flexibility index (Phi) is 3.89. The van der Waals surface area contributed by atoms with E-state index in [9.17, 15) is 8.22 Å². The molecular formula is C10H20F2Si. The Hall–Kier alpha value is 0.0769.